The summed E-state index contributed by atoms with van der Waals surface area (Å²) in [5.74, 6) is -0.584. The minimum atomic E-state index is -0.329. The van der Waals surface area contributed by atoms with Crippen molar-refractivity contribution in [1.82, 2.24) is 10.3 Å². The molecule has 0 aliphatic rings. The van der Waals surface area contributed by atoms with E-state index in [1.165, 1.54) is 6.07 Å². The van der Waals surface area contributed by atoms with Gasteiger partial charge in [-0.15, -0.1) is 0 Å². The summed E-state index contributed by atoms with van der Waals surface area (Å²) >= 11 is 0. The van der Waals surface area contributed by atoms with E-state index in [2.05, 4.69) is 10.3 Å². The van der Waals surface area contributed by atoms with Crippen LogP contribution in [0.15, 0.2) is 48.7 Å². The third-order valence-corrected chi connectivity index (χ3v) is 3.35. The second-order valence-corrected chi connectivity index (χ2v) is 4.78. The molecule has 21 heavy (non-hydrogen) atoms. The predicted molar refractivity (Wildman–Crippen MR) is 80.3 cm³/mol. The zero-order valence-corrected chi connectivity index (χ0v) is 11.2. The number of hydrogen-bond donors (Lipinski definition) is 3. The van der Waals surface area contributed by atoms with E-state index in [1.807, 2.05) is 0 Å². The molecule has 4 nitrogen and oxygen atoms in total. The topological polar surface area (TPSA) is 70.9 Å². The van der Waals surface area contributed by atoms with Gasteiger partial charge in [-0.1, -0.05) is 18.2 Å². The minimum absolute atomic E-state index is 0.146. The molecule has 3 rings (SSSR count). The maximum atomic E-state index is 13.5. The van der Waals surface area contributed by atoms with Gasteiger partial charge in [-0.3, -0.25) is 4.79 Å². The summed E-state index contributed by atoms with van der Waals surface area (Å²) in [6, 6.07) is 11.7. The highest BCUT2D eigenvalue weighted by atomic mass is 19.1. The van der Waals surface area contributed by atoms with Gasteiger partial charge in [-0.2, -0.15) is 0 Å². The first kappa shape index (κ1) is 13.2. The third-order valence-electron chi connectivity index (χ3n) is 3.35. The van der Waals surface area contributed by atoms with E-state index in [-0.39, 0.29) is 18.3 Å². The third kappa shape index (κ3) is 2.58. The van der Waals surface area contributed by atoms with Crippen molar-refractivity contribution in [2.75, 3.05) is 5.73 Å². The second-order valence-electron chi connectivity index (χ2n) is 4.78. The summed E-state index contributed by atoms with van der Waals surface area (Å²) < 4.78 is 13.5. The molecule has 0 saturated heterocycles. The van der Waals surface area contributed by atoms with Crippen LogP contribution in [-0.2, 0) is 6.54 Å². The van der Waals surface area contributed by atoms with Gasteiger partial charge in [0.25, 0.3) is 5.91 Å². The molecule has 4 N–H and O–H groups in total. The van der Waals surface area contributed by atoms with Crippen LogP contribution < -0.4 is 11.1 Å². The fourth-order valence-electron chi connectivity index (χ4n) is 2.24. The lowest BCUT2D eigenvalue weighted by atomic mass is 10.1. The number of H-pyrrole nitrogens is 1. The molecule has 0 spiro atoms. The average Bonchev–Trinajstić information content (AvgIpc) is 2.89. The molecule has 0 aliphatic heterocycles. The lowest BCUT2D eigenvalue weighted by Gasteiger charge is -2.05. The number of hydrogen-bond acceptors (Lipinski definition) is 2. The van der Waals surface area contributed by atoms with Crippen molar-refractivity contribution in [1.29, 1.82) is 0 Å². The van der Waals surface area contributed by atoms with Crippen molar-refractivity contribution >= 4 is 22.5 Å². The molecule has 0 radical (unpaired) electrons. The number of anilines is 1. The van der Waals surface area contributed by atoms with Gasteiger partial charge in [0.1, 0.15) is 5.82 Å². The van der Waals surface area contributed by atoms with Crippen LogP contribution in [0.1, 0.15) is 15.9 Å². The number of aromatic amines is 1. The van der Waals surface area contributed by atoms with Crippen molar-refractivity contribution in [3.8, 4) is 0 Å². The standard InChI is InChI=1S/C16H14FN3O/c17-14-4-2-1-3-10(14)8-20-16(21)13-9-19-15-7-11(18)5-6-12(13)15/h1-7,9,19H,8,18H2,(H,20,21). The van der Waals surface area contributed by atoms with Gasteiger partial charge in [0.2, 0.25) is 0 Å². The highest BCUT2D eigenvalue weighted by molar-refractivity contribution is 6.07. The predicted octanol–water partition coefficient (Wildman–Crippen LogP) is 2.82. The highest BCUT2D eigenvalue weighted by Gasteiger charge is 2.12. The smallest absolute Gasteiger partial charge is 0.253 e. The summed E-state index contributed by atoms with van der Waals surface area (Å²) in [5.41, 5.74) is 8.09. The molecule has 1 amide bonds. The number of carbonyl (C=O) groups is 1. The molecule has 0 fully saturated rings. The van der Waals surface area contributed by atoms with Crippen molar-refractivity contribution in [3.63, 3.8) is 0 Å². The molecular weight excluding hydrogens is 269 g/mol. The van der Waals surface area contributed by atoms with Gasteiger partial charge in [-0.25, -0.2) is 4.39 Å². The van der Waals surface area contributed by atoms with Crippen LogP contribution in [-0.4, -0.2) is 10.9 Å². The average molecular weight is 283 g/mol. The normalized spacial score (nSPS) is 10.7. The number of nitrogens with two attached hydrogens (primary N) is 1. The van der Waals surface area contributed by atoms with Gasteiger partial charge < -0.3 is 16.0 Å². The summed E-state index contributed by atoms with van der Waals surface area (Å²) in [7, 11) is 0. The van der Waals surface area contributed by atoms with Gasteiger partial charge in [0.15, 0.2) is 0 Å². The molecule has 0 unspecified atom stereocenters. The van der Waals surface area contributed by atoms with Gasteiger partial charge in [0.05, 0.1) is 5.56 Å². The molecule has 1 heterocycles. The molecule has 0 atom stereocenters. The van der Waals surface area contributed by atoms with Crippen LogP contribution in [0.4, 0.5) is 10.1 Å². The van der Waals surface area contributed by atoms with Crippen LogP contribution in [0.5, 0.6) is 0 Å². The summed E-state index contributed by atoms with van der Waals surface area (Å²) in [6.45, 7) is 0.146. The van der Waals surface area contributed by atoms with Crippen molar-refractivity contribution < 1.29 is 9.18 Å². The number of nitrogen functional groups attached to an aromatic ring is 1. The Balaban J connectivity index is 1.80. The lowest BCUT2D eigenvalue weighted by molar-refractivity contribution is 0.0952. The Morgan fingerprint density at radius 2 is 2.05 bits per heavy atom. The number of halogens is 1. The maximum absolute atomic E-state index is 13.5. The quantitative estimate of drug-likeness (QED) is 0.647. The zero-order valence-electron chi connectivity index (χ0n) is 11.2. The molecule has 0 aliphatic carbocycles. The van der Waals surface area contributed by atoms with Crippen LogP contribution in [0, 0.1) is 5.82 Å². The van der Waals surface area contributed by atoms with E-state index in [9.17, 15) is 9.18 Å². The number of nitrogens with one attached hydrogen (secondary N) is 2. The van der Waals surface area contributed by atoms with Crippen molar-refractivity contribution in [3.05, 3.63) is 65.6 Å². The van der Waals surface area contributed by atoms with E-state index in [4.69, 9.17) is 5.73 Å². The van der Waals surface area contributed by atoms with Gasteiger partial charge >= 0.3 is 0 Å². The summed E-state index contributed by atoms with van der Waals surface area (Å²) in [5, 5.41) is 3.51. The van der Waals surface area contributed by atoms with Crippen molar-refractivity contribution in [2.24, 2.45) is 0 Å². The fourth-order valence-corrected chi connectivity index (χ4v) is 2.24. The van der Waals surface area contributed by atoms with E-state index in [1.54, 1.807) is 42.6 Å². The molecule has 0 bridgehead atoms. The Morgan fingerprint density at radius 3 is 2.86 bits per heavy atom. The largest absolute Gasteiger partial charge is 0.399 e. The maximum Gasteiger partial charge on any atom is 0.253 e. The first-order valence-corrected chi connectivity index (χ1v) is 6.53. The fraction of sp³-hybridized carbons (Fsp3) is 0.0625. The number of fused-ring (bicyclic) bond motifs is 1. The molecule has 3 aromatic rings. The number of rotatable bonds is 3. The molecule has 2 aromatic carbocycles. The SMILES string of the molecule is Nc1ccc2c(C(=O)NCc3ccccc3F)c[nH]c2c1. The first-order chi connectivity index (χ1) is 10.1. The van der Waals surface area contributed by atoms with E-state index in [0.29, 0.717) is 16.8 Å². The Morgan fingerprint density at radius 1 is 1.24 bits per heavy atom. The van der Waals surface area contributed by atoms with Crippen LogP contribution in [0.3, 0.4) is 0 Å². The second kappa shape index (κ2) is 5.28. The van der Waals surface area contributed by atoms with E-state index >= 15 is 0 Å². The first-order valence-electron chi connectivity index (χ1n) is 6.53. The Hall–Kier alpha value is -2.82. The molecule has 0 saturated carbocycles. The van der Waals surface area contributed by atoms with E-state index in [0.717, 1.165) is 10.9 Å². The molecule has 5 heteroatoms. The highest BCUT2D eigenvalue weighted by Crippen LogP contribution is 2.20. The Labute approximate surface area is 120 Å². The van der Waals surface area contributed by atoms with Crippen LogP contribution in [0.25, 0.3) is 10.9 Å². The number of carbonyl (C=O) groups excluding carboxylic acids is 1. The minimum Gasteiger partial charge on any atom is -0.399 e. The van der Waals surface area contributed by atoms with Crippen LogP contribution >= 0.6 is 0 Å². The Kier molecular flexibility index (Phi) is 3.31. The molecular formula is C16H14FN3O. The number of aromatic nitrogens is 1. The monoisotopic (exact) mass is 283 g/mol. The number of amides is 1. The lowest BCUT2D eigenvalue weighted by Crippen LogP contribution is -2.23. The Bertz CT molecular complexity index is 810. The van der Waals surface area contributed by atoms with Gasteiger partial charge in [-0.05, 0) is 24.3 Å². The van der Waals surface area contributed by atoms with Crippen molar-refractivity contribution in [2.45, 2.75) is 6.54 Å². The molecule has 106 valence electrons. The number of benzene rings is 2. The van der Waals surface area contributed by atoms with Gasteiger partial charge in [0, 0.05) is 34.9 Å². The summed E-state index contributed by atoms with van der Waals surface area (Å²) in [4.78, 5) is 15.2. The summed E-state index contributed by atoms with van der Waals surface area (Å²) in [6.07, 6.45) is 1.63. The van der Waals surface area contributed by atoms with E-state index < -0.39 is 0 Å². The van der Waals surface area contributed by atoms with Crippen LogP contribution in [0.2, 0.25) is 0 Å². The molecule has 1 aromatic heterocycles. The zero-order chi connectivity index (χ0) is 14.8.